The Kier molecular flexibility index (Phi) is 7.30. The molecule has 10 heteroatoms. The maximum atomic E-state index is 11.8. The number of nitrogens with zero attached hydrogens (tertiary/aromatic N) is 1. The SMILES string of the molecule is COCC(NC(=O)CCNC(=O)c1ccc([N+](=O)[O-])cc1)C(=O)O. The van der Waals surface area contributed by atoms with Crippen LogP contribution in [0.2, 0.25) is 0 Å². The van der Waals surface area contributed by atoms with Crippen molar-refractivity contribution in [2.75, 3.05) is 20.3 Å². The summed E-state index contributed by atoms with van der Waals surface area (Å²) in [6, 6.07) is 3.83. The largest absolute Gasteiger partial charge is 0.480 e. The Morgan fingerprint density at radius 1 is 1.29 bits per heavy atom. The molecule has 0 bridgehead atoms. The van der Waals surface area contributed by atoms with Crippen molar-refractivity contribution < 1.29 is 29.2 Å². The average molecular weight is 339 g/mol. The molecule has 0 aliphatic rings. The number of nitro groups is 1. The van der Waals surface area contributed by atoms with Gasteiger partial charge in [0.15, 0.2) is 6.04 Å². The van der Waals surface area contributed by atoms with Crippen LogP contribution >= 0.6 is 0 Å². The van der Waals surface area contributed by atoms with Gasteiger partial charge in [-0.3, -0.25) is 19.7 Å². The molecule has 0 saturated heterocycles. The first kappa shape index (κ1) is 19.0. The molecule has 0 aliphatic carbocycles. The maximum Gasteiger partial charge on any atom is 0.328 e. The summed E-state index contributed by atoms with van der Waals surface area (Å²) in [5, 5.41) is 24.1. The molecule has 0 radical (unpaired) electrons. The van der Waals surface area contributed by atoms with E-state index in [1.165, 1.54) is 31.4 Å². The zero-order valence-electron chi connectivity index (χ0n) is 12.9. The molecule has 1 aromatic rings. The first-order chi connectivity index (χ1) is 11.3. The Balaban J connectivity index is 2.43. The Bertz CT molecular complexity index is 615. The van der Waals surface area contributed by atoms with Crippen LogP contribution in [0, 0.1) is 10.1 Å². The van der Waals surface area contributed by atoms with Gasteiger partial charge in [-0.25, -0.2) is 4.79 Å². The van der Waals surface area contributed by atoms with E-state index in [1.807, 2.05) is 0 Å². The van der Waals surface area contributed by atoms with Gasteiger partial charge in [0.05, 0.1) is 11.5 Å². The number of methoxy groups -OCH3 is 1. The predicted molar refractivity (Wildman–Crippen MR) is 81.5 cm³/mol. The van der Waals surface area contributed by atoms with Crippen molar-refractivity contribution in [2.45, 2.75) is 12.5 Å². The summed E-state index contributed by atoms with van der Waals surface area (Å²) in [6.45, 7) is -0.183. The lowest BCUT2D eigenvalue weighted by Gasteiger charge is -2.13. The number of nitro benzene ring substituents is 1. The predicted octanol–water partition coefficient (Wildman–Crippen LogP) is -0.0695. The number of aliphatic carboxylic acids is 1. The zero-order chi connectivity index (χ0) is 18.1. The lowest BCUT2D eigenvalue weighted by Crippen LogP contribution is -2.44. The van der Waals surface area contributed by atoms with Crippen molar-refractivity contribution in [3.05, 3.63) is 39.9 Å². The number of benzene rings is 1. The molecule has 130 valence electrons. The molecular formula is C14H17N3O7. The number of nitrogens with one attached hydrogen (secondary N) is 2. The highest BCUT2D eigenvalue weighted by Gasteiger charge is 2.19. The van der Waals surface area contributed by atoms with Crippen molar-refractivity contribution in [1.82, 2.24) is 10.6 Å². The molecule has 3 N–H and O–H groups in total. The van der Waals surface area contributed by atoms with E-state index < -0.39 is 28.7 Å². The molecule has 0 aromatic heterocycles. The maximum absolute atomic E-state index is 11.8. The number of hydrogen-bond acceptors (Lipinski definition) is 6. The Labute approximate surface area is 136 Å². The van der Waals surface area contributed by atoms with Gasteiger partial charge in [0, 0.05) is 37.8 Å². The minimum absolute atomic E-state index is 0.0129. The van der Waals surface area contributed by atoms with E-state index in [-0.39, 0.29) is 30.8 Å². The number of ether oxygens (including phenoxy) is 1. The average Bonchev–Trinajstić information content (AvgIpc) is 2.54. The van der Waals surface area contributed by atoms with Crippen LogP contribution in [-0.4, -0.2) is 54.1 Å². The summed E-state index contributed by atoms with van der Waals surface area (Å²) in [6.07, 6.45) is -0.119. The summed E-state index contributed by atoms with van der Waals surface area (Å²) >= 11 is 0. The Hall–Kier alpha value is -3.01. The zero-order valence-corrected chi connectivity index (χ0v) is 12.9. The normalized spacial score (nSPS) is 11.4. The van der Waals surface area contributed by atoms with E-state index >= 15 is 0 Å². The van der Waals surface area contributed by atoms with Crippen molar-refractivity contribution in [3.63, 3.8) is 0 Å². The number of rotatable bonds is 9. The van der Waals surface area contributed by atoms with Crippen LogP contribution < -0.4 is 10.6 Å². The van der Waals surface area contributed by atoms with Gasteiger partial charge in [0.25, 0.3) is 11.6 Å². The van der Waals surface area contributed by atoms with Crippen LogP contribution in [0.3, 0.4) is 0 Å². The van der Waals surface area contributed by atoms with Gasteiger partial charge in [0.2, 0.25) is 5.91 Å². The van der Waals surface area contributed by atoms with Crippen molar-refractivity contribution in [2.24, 2.45) is 0 Å². The second kappa shape index (κ2) is 9.20. The second-order valence-corrected chi connectivity index (χ2v) is 4.72. The summed E-state index contributed by atoms with van der Waals surface area (Å²) < 4.78 is 4.68. The minimum atomic E-state index is -1.22. The Morgan fingerprint density at radius 2 is 1.92 bits per heavy atom. The number of carbonyl (C=O) groups excluding carboxylic acids is 2. The number of carbonyl (C=O) groups is 3. The lowest BCUT2D eigenvalue weighted by molar-refractivity contribution is -0.384. The van der Waals surface area contributed by atoms with E-state index in [2.05, 4.69) is 15.4 Å². The van der Waals surface area contributed by atoms with Gasteiger partial charge in [-0.15, -0.1) is 0 Å². The van der Waals surface area contributed by atoms with Gasteiger partial charge in [-0.1, -0.05) is 0 Å². The standard InChI is InChI=1S/C14H17N3O7/c1-24-8-11(14(20)21)16-12(18)6-7-15-13(19)9-2-4-10(5-3-9)17(22)23/h2-5,11H,6-8H2,1H3,(H,15,19)(H,16,18)(H,20,21). The Morgan fingerprint density at radius 3 is 2.42 bits per heavy atom. The van der Waals surface area contributed by atoms with E-state index in [0.717, 1.165) is 0 Å². The van der Waals surface area contributed by atoms with Crippen LogP contribution in [0.15, 0.2) is 24.3 Å². The highest BCUT2D eigenvalue weighted by molar-refractivity contribution is 5.94. The fourth-order valence-electron chi connectivity index (χ4n) is 1.73. The quantitative estimate of drug-likeness (QED) is 0.421. The van der Waals surface area contributed by atoms with Gasteiger partial charge in [0.1, 0.15) is 0 Å². The van der Waals surface area contributed by atoms with Crippen molar-refractivity contribution in [1.29, 1.82) is 0 Å². The first-order valence-corrected chi connectivity index (χ1v) is 6.89. The number of carboxylic acids is 1. The van der Waals surface area contributed by atoms with E-state index in [0.29, 0.717) is 0 Å². The molecule has 0 fully saturated rings. The summed E-state index contributed by atoms with van der Waals surface area (Å²) in [4.78, 5) is 44.2. The molecule has 10 nitrogen and oxygen atoms in total. The molecule has 0 aliphatic heterocycles. The van der Waals surface area contributed by atoms with Crippen LogP contribution in [0.5, 0.6) is 0 Å². The van der Waals surface area contributed by atoms with E-state index in [1.54, 1.807) is 0 Å². The number of amides is 2. The molecule has 0 spiro atoms. The number of carboxylic acid groups (broad SMARTS) is 1. The highest BCUT2D eigenvalue weighted by atomic mass is 16.6. The summed E-state index contributed by atoms with van der Waals surface area (Å²) in [5.41, 5.74) is 0.0765. The van der Waals surface area contributed by atoms with E-state index in [4.69, 9.17) is 5.11 Å². The van der Waals surface area contributed by atoms with Gasteiger partial charge in [-0.2, -0.15) is 0 Å². The monoisotopic (exact) mass is 339 g/mol. The van der Waals surface area contributed by atoms with Crippen molar-refractivity contribution >= 4 is 23.5 Å². The molecule has 2 amide bonds. The third-order valence-electron chi connectivity index (χ3n) is 2.94. The molecule has 1 rings (SSSR count). The molecule has 0 saturated carbocycles. The molecule has 1 atom stereocenters. The van der Waals surface area contributed by atoms with Gasteiger partial charge in [-0.05, 0) is 12.1 Å². The third kappa shape index (κ3) is 6.01. The number of non-ortho nitro benzene ring substituents is 1. The summed E-state index contributed by atoms with van der Waals surface area (Å²) in [5.74, 6) is -2.27. The first-order valence-electron chi connectivity index (χ1n) is 6.89. The van der Waals surface area contributed by atoms with Crippen LogP contribution in [-0.2, 0) is 14.3 Å². The van der Waals surface area contributed by atoms with Crippen LogP contribution in [0.1, 0.15) is 16.8 Å². The fourth-order valence-corrected chi connectivity index (χ4v) is 1.73. The number of hydrogen-bond donors (Lipinski definition) is 3. The van der Waals surface area contributed by atoms with Crippen molar-refractivity contribution in [3.8, 4) is 0 Å². The minimum Gasteiger partial charge on any atom is -0.480 e. The third-order valence-corrected chi connectivity index (χ3v) is 2.94. The van der Waals surface area contributed by atoms with Crippen LogP contribution in [0.25, 0.3) is 0 Å². The highest BCUT2D eigenvalue weighted by Crippen LogP contribution is 2.11. The molecule has 0 heterocycles. The van der Waals surface area contributed by atoms with Crippen LogP contribution in [0.4, 0.5) is 5.69 Å². The smallest absolute Gasteiger partial charge is 0.328 e. The fraction of sp³-hybridized carbons (Fsp3) is 0.357. The van der Waals surface area contributed by atoms with Gasteiger partial charge < -0.3 is 20.5 Å². The topological polar surface area (TPSA) is 148 Å². The summed E-state index contributed by atoms with van der Waals surface area (Å²) in [7, 11) is 1.31. The van der Waals surface area contributed by atoms with Gasteiger partial charge >= 0.3 is 5.97 Å². The molecule has 1 unspecified atom stereocenters. The molecule has 24 heavy (non-hydrogen) atoms. The molecule has 1 aromatic carbocycles. The second-order valence-electron chi connectivity index (χ2n) is 4.72. The van der Waals surface area contributed by atoms with E-state index in [9.17, 15) is 24.5 Å². The lowest BCUT2D eigenvalue weighted by atomic mass is 10.2. The molecular weight excluding hydrogens is 322 g/mol.